The zero-order valence-corrected chi connectivity index (χ0v) is 42.9. The van der Waals surface area contributed by atoms with E-state index in [2.05, 4.69) is 136 Å². The summed E-state index contributed by atoms with van der Waals surface area (Å²) in [4.78, 5) is 25.4. The van der Waals surface area contributed by atoms with Gasteiger partial charge >= 0.3 is 11.9 Å². The second-order valence-corrected chi connectivity index (χ2v) is 17.4. The van der Waals surface area contributed by atoms with Gasteiger partial charge in [-0.3, -0.25) is 9.59 Å². The molecule has 0 unspecified atom stereocenters. The molecule has 0 heterocycles. The normalized spacial score (nSPS) is 13.2. The minimum absolute atomic E-state index is 0.0231. The van der Waals surface area contributed by atoms with Crippen LogP contribution in [0.15, 0.2) is 122 Å². The minimum Gasteiger partial charge on any atom is -0.462 e. The van der Waals surface area contributed by atoms with Crippen LogP contribution in [-0.2, 0) is 23.8 Å². The van der Waals surface area contributed by atoms with Crippen LogP contribution < -0.4 is 0 Å². The molecule has 5 nitrogen and oxygen atoms in total. The van der Waals surface area contributed by atoms with Crippen LogP contribution in [0.25, 0.3) is 0 Å². The van der Waals surface area contributed by atoms with Gasteiger partial charge in [0.05, 0.1) is 6.61 Å². The first-order valence-corrected chi connectivity index (χ1v) is 27.1. The van der Waals surface area contributed by atoms with Gasteiger partial charge in [-0.15, -0.1) is 0 Å². The average molecular weight is 913 g/mol. The van der Waals surface area contributed by atoms with E-state index in [1.165, 1.54) is 89.9 Å². The van der Waals surface area contributed by atoms with E-state index in [1.54, 1.807) is 0 Å². The highest BCUT2D eigenvalue weighted by molar-refractivity contribution is 5.70. The van der Waals surface area contributed by atoms with Gasteiger partial charge in [0.2, 0.25) is 0 Å². The number of esters is 2. The molecule has 0 N–H and O–H groups in total. The number of allylic oxidation sites excluding steroid dienone is 20. The van der Waals surface area contributed by atoms with Crippen molar-refractivity contribution in [2.24, 2.45) is 0 Å². The summed E-state index contributed by atoms with van der Waals surface area (Å²) in [5, 5.41) is 0. The standard InChI is InChI=1S/C61H100O5/c1-4-7-10-13-16-19-22-25-28-30-31-32-34-36-39-42-45-48-51-54-60(62)65-58-59(57-64-56-53-50-47-44-41-38-35-29-26-23-20-17-14-11-8-5-2)66-61(63)55-52-49-46-43-40-37-33-27-24-21-18-15-12-9-6-3/h7,9-10,12,16,18-19,21,25,27-28,31-33,36,39-40,43,45,48,59H,4-6,8,11,13-15,17,20,22-24,26,29-30,34-35,37-38,41-42,44,46-47,49-58H2,1-3H3/b10-7-,12-9-,19-16-,21-18-,28-25-,32-31-,33-27-,39-36-,43-40-,48-45-/t59-/m1/s1. The van der Waals surface area contributed by atoms with Gasteiger partial charge in [0, 0.05) is 19.4 Å². The Morgan fingerprint density at radius 1 is 0.348 bits per heavy atom. The Bertz CT molecular complexity index is 1350. The molecule has 66 heavy (non-hydrogen) atoms. The van der Waals surface area contributed by atoms with Crippen molar-refractivity contribution < 1.29 is 23.8 Å². The Morgan fingerprint density at radius 3 is 1.12 bits per heavy atom. The predicted molar refractivity (Wildman–Crippen MR) is 288 cm³/mol. The van der Waals surface area contributed by atoms with Gasteiger partial charge in [0.25, 0.3) is 0 Å². The lowest BCUT2D eigenvalue weighted by Crippen LogP contribution is -2.30. The third kappa shape index (κ3) is 52.9. The van der Waals surface area contributed by atoms with Crippen molar-refractivity contribution in [3.8, 4) is 0 Å². The molecule has 0 saturated carbocycles. The van der Waals surface area contributed by atoms with E-state index in [-0.39, 0.29) is 25.2 Å². The van der Waals surface area contributed by atoms with Crippen LogP contribution in [0.3, 0.4) is 0 Å². The van der Waals surface area contributed by atoms with Gasteiger partial charge in [-0.2, -0.15) is 0 Å². The number of carbonyl (C=O) groups excluding carboxylic acids is 2. The fraction of sp³-hybridized carbons (Fsp3) is 0.639. The van der Waals surface area contributed by atoms with Crippen LogP contribution in [-0.4, -0.2) is 37.9 Å². The summed E-state index contributed by atoms with van der Waals surface area (Å²) < 4.78 is 17.3. The summed E-state index contributed by atoms with van der Waals surface area (Å²) in [6.45, 7) is 7.48. The summed E-state index contributed by atoms with van der Waals surface area (Å²) in [5.41, 5.74) is 0. The highest BCUT2D eigenvalue weighted by atomic mass is 16.6. The van der Waals surface area contributed by atoms with E-state index < -0.39 is 6.10 Å². The van der Waals surface area contributed by atoms with E-state index in [4.69, 9.17) is 14.2 Å². The summed E-state index contributed by atoms with van der Waals surface area (Å²) in [7, 11) is 0. The van der Waals surface area contributed by atoms with Gasteiger partial charge in [-0.25, -0.2) is 0 Å². The van der Waals surface area contributed by atoms with Crippen LogP contribution in [0.4, 0.5) is 0 Å². The van der Waals surface area contributed by atoms with E-state index in [0.29, 0.717) is 25.9 Å². The molecule has 0 amide bonds. The van der Waals surface area contributed by atoms with Crippen molar-refractivity contribution in [2.75, 3.05) is 19.8 Å². The lowest BCUT2D eigenvalue weighted by Gasteiger charge is -2.18. The molecule has 0 aliphatic rings. The van der Waals surface area contributed by atoms with Crippen molar-refractivity contribution in [3.05, 3.63) is 122 Å². The first-order valence-electron chi connectivity index (χ1n) is 27.1. The van der Waals surface area contributed by atoms with Crippen LogP contribution in [0.1, 0.15) is 226 Å². The first kappa shape index (κ1) is 62.3. The van der Waals surface area contributed by atoms with E-state index in [9.17, 15) is 9.59 Å². The van der Waals surface area contributed by atoms with E-state index >= 15 is 0 Å². The third-order valence-electron chi connectivity index (χ3n) is 11.0. The maximum atomic E-state index is 12.8. The molecule has 0 saturated heterocycles. The minimum atomic E-state index is -0.595. The molecular formula is C61H100O5. The maximum Gasteiger partial charge on any atom is 0.306 e. The van der Waals surface area contributed by atoms with Crippen molar-refractivity contribution in [1.29, 1.82) is 0 Å². The topological polar surface area (TPSA) is 61.8 Å². The number of hydrogen-bond donors (Lipinski definition) is 0. The zero-order valence-electron chi connectivity index (χ0n) is 42.9. The zero-order chi connectivity index (χ0) is 47.7. The second-order valence-electron chi connectivity index (χ2n) is 17.4. The molecule has 0 aliphatic carbocycles. The molecule has 0 fully saturated rings. The van der Waals surface area contributed by atoms with Crippen molar-refractivity contribution in [2.45, 2.75) is 232 Å². The largest absolute Gasteiger partial charge is 0.462 e. The van der Waals surface area contributed by atoms with Gasteiger partial charge in [-0.1, -0.05) is 239 Å². The molecule has 5 heteroatoms. The average Bonchev–Trinajstić information content (AvgIpc) is 3.32. The van der Waals surface area contributed by atoms with Crippen LogP contribution in [0, 0.1) is 0 Å². The second kappa shape index (κ2) is 55.6. The molecule has 1 atom stereocenters. The molecule has 0 bridgehead atoms. The summed E-state index contributed by atoms with van der Waals surface area (Å²) in [5.74, 6) is -0.545. The van der Waals surface area contributed by atoms with Crippen molar-refractivity contribution in [1.82, 2.24) is 0 Å². The van der Waals surface area contributed by atoms with Crippen molar-refractivity contribution in [3.63, 3.8) is 0 Å². The Morgan fingerprint density at radius 2 is 0.712 bits per heavy atom. The SMILES string of the molecule is CC/C=C\C/C=C\C/C=C\C/C=C\C/C=C\C/C=C\CCC(=O)OC[C@@H](COCCCCCCCCCCCCCCCCCC)OC(=O)CCCC/C=C\C/C=C\C/C=C\C/C=C\CC. The van der Waals surface area contributed by atoms with Crippen molar-refractivity contribution >= 4 is 11.9 Å². The molecule has 0 spiro atoms. The molecular weight excluding hydrogens is 813 g/mol. The van der Waals surface area contributed by atoms with Gasteiger partial charge in [0.1, 0.15) is 6.61 Å². The van der Waals surface area contributed by atoms with Gasteiger partial charge in [0.15, 0.2) is 6.10 Å². The first-order chi connectivity index (χ1) is 32.6. The summed E-state index contributed by atoms with van der Waals surface area (Å²) >= 11 is 0. The van der Waals surface area contributed by atoms with E-state index in [1.807, 2.05) is 6.08 Å². The fourth-order valence-electron chi connectivity index (χ4n) is 7.06. The van der Waals surface area contributed by atoms with Crippen LogP contribution >= 0.6 is 0 Å². The Labute approximate surface area is 407 Å². The molecule has 0 aromatic rings. The molecule has 0 rings (SSSR count). The van der Waals surface area contributed by atoms with Crippen LogP contribution in [0.2, 0.25) is 0 Å². The Hall–Kier alpha value is -3.70. The van der Waals surface area contributed by atoms with Gasteiger partial charge < -0.3 is 14.2 Å². The molecule has 0 radical (unpaired) electrons. The number of ether oxygens (including phenoxy) is 3. The summed E-state index contributed by atoms with van der Waals surface area (Å²) in [6.07, 6.45) is 78.0. The Kier molecular flexibility index (Phi) is 52.5. The smallest absolute Gasteiger partial charge is 0.306 e. The summed E-state index contributed by atoms with van der Waals surface area (Å²) in [6, 6.07) is 0. The molecule has 0 aliphatic heterocycles. The van der Waals surface area contributed by atoms with E-state index in [0.717, 1.165) is 96.3 Å². The predicted octanol–water partition coefficient (Wildman–Crippen LogP) is 18.6. The fourth-order valence-corrected chi connectivity index (χ4v) is 7.06. The quantitative estimate of drug-likeness (QED) is 0.0346. The number of carbonyl (C=O) groups is 2. The Balaban J connectivity index is 4.46. The monoisotopic (exact) mass is 913 g/mol. The molecule has 374 valence electrons. The highest BCUT2D eigenvalue weighted by Crippen LogP contribution is 2.14. The maximum absolute atomic E-state index is 12.8. The van der Waals surface area contributed by atoms with Crippen LogP contribution in [0.5, 0.6) is 0 Å². The third-order valence-corrected chi connectivity index (χ3v) is 11.0. The molecule has 0 aromatic heterocycles. The van der Waals surface area contributed by atoms with Gasteiger partial charge in [-0.05, 0) is 96.3 Å². The lowest BCUT2D eigenvalue weighted by molar-refractivity contribution is -0.162. The molecule has 0 aromatic carbocycles. The number of rotatable bonds is 48. The number of hydrogen-bond acceptors (Lipinski definition) is 5. The number of unbranched alkanes of at least 4 members (excludes halogenated alkanes) is 17. The highest BCUT2D eigenvalue weighted by Gasteiger charge is 2.17. The lowest BCUT2D eigenvalue weighted by atomic mass is 10.0.